The summed E-state index contributed by atoms with van der Waals surface area (Å²) in [6.07, 6.45) is 4.98. The molecule has 1 fully saturated rings. The van der Waals surface area contributed by atoms with Crippen molar-refractivity contribution in [3.05, 3.63) is 36.2 Å². The molecule has 1 aromatic heterocycles. The summed E-state index contributed by atoms with van der Waals surface area (Å²) in [5.74, 6) is 2.51. The summed E-state index contributed by atoms with van der Waals surface area (Å²) in [5.41, 5.74) is 0.978. The minimum absolute atomic E-state index is 0.00346. The van der Waals surface area contributed by atoms with Crippen molar-refractivity contribution < 1.29 is 4.79 Å². The zero-order valence-electron chi connectivity index (χ0n) is 13.9. The molecule has 7 heteroatoms. The summed E-state index contributed by atoms with van der Waals surface area (Å²) in [7, 11) is 0. The molecule has 1 aliphatic heterocycles. The fourth-order valence-electron chi connectivity index (χ4n) is 2.95. The molecule has 0 spiro atoms. The van der Waals surface area contributed by atoms with Crippen molar-refractivity contribution in [1.29, 1.82) is 0 Å². The highest BCUT2D eigenvalue weighted by Gasteiger charge is 2.32. The Kier molecular flexibility index (Phi) is 5.74. The standard InChI is InChI=1S/C17H23N5OS/c1-24-12-6-10-18-17(23)22-11-5-9-14(22)16-19-15(20-21-16)13-7-3-2-4-8-13/h2-4,7-8,14H,5-6,9-12H2,1H3,(H,18,23)(H,19,20,21)/t14-/m0/s1. The molecule has 6 nitrogen and oxygen atoms in total. The highest BCUT2D eigenvalue weighted by molar-refractivity contribution is 7.98. The number of carbonyl (C=O) groups is 1. The number of likely N-dealkylation sites (tertiary alicyclic amines) is 1. The second kappa shape index (κ2) is 8.19. The summed E-state index contributed by atoms with van der Waals surface area (Å²) in [5, 5.41) is 10.3. The van der Waals surface area contributed by atoms with E-state index in [1.165, 1.54) is 0 Å². The Hall–Kier alpha value is -2.02. The lowest BCUT2D eigenvalue weighted by Gasteiger charge is -2.23. The highest BCUT2D eigenvalue weighted by Crippen LogP contribution is 2.30. The van der Waals surface area contributed by atoms with Crippen LogP contribution in [-0.4, -0.2) is 51.2 Å². The van der Waals surface area contributed by atoms with E-state index in [9.17, 15) is 4.79 Å². The summed E-state index contributed by atoms with van der Waals surface area (Å²) in [6.45, 7) is 1.48. The Bertz CT molecular complexity index is 660. The molecule has 1 saturated heterocycles. The van der Waals surface area contributed by atoms with E-state index in [-0.39, 0.29) is 12.1 Å². The van der Waals surface area contributed by atoms with Crippen molar-refractivity contribution in [3.63, 3.8) is 0 Å². The van der Waals surface area contributed by atoms with Crippen molar-refractivity contribution in [2.45, 2.75) is 25.3 Å². The van der Waals surface area contributed by atoms with Crippen LogP contribution in [0.1, 0.15) is 31.1 Å². The quantitative estimate of drug-likeness (QED) is 0.789. The summed E-state index contributed by atoms with van der Waals surface area (Å²) >= 11 is 1.80. The lowest BCUT2D eigenvalue weighted by Crippen LogP contribution is -2.40. The lowest BCUT2D eigenvalue weighted by molar-refractivity contribution is 0.191. The zero-order chi connectivity index (χ0) is 16.8. The molecule has 128 valence electrons. The smallest absolute Gasteiger partial charge is 0.318 e. The van der Waals surface area contributed by atoms with Gasteiger partial charge in [0.1, 0.15) is 5.82 Å². The number of hydrogen-bond acceptors (Lipinski definition) is 4. The number of nitrogens with one attached hydrogen (secondary N) is 2. The van der Waals surface area contributed by atoms with Gasteiger partial charge in [-0.3, -0.25) is 5.10 Å². The number of H-pyrrole nitrogens is 1. The minimum atomic E-state index is -0.0180. The van der Waals surface area contributed by atoms with E-state index in [2.05, 4.69) is 26.8 Å². The number of urea groups is 1. The monoisotopic (exact) mass is 345 g/mol. The number of amides is 2. The van der Waals surface area contributed by atoms with Gasteiger partial charge in [0.15, 0.2) is 5.82 Å². The number of rotatable bonds is 6. The predicted octanol–water partition coefficient (Wildman–Crippen LogP) is 3.07. The molecule has 2 aromatic rings. The van der Waals surface area contributed by atoms with Crippen LogP contribution in [0.15, 0.2) is 30.3 Å². The van der Waals surface area contributed by atoms with Gasteiger partial charge >= 0.3 is 6.03 Å². The third kappa shape index (κ3) is 3.90. The van der Waals surface area contributed by atoms with Gasteiger partial charge in [0, 0.05) is 18.7 Å². The first-order valence-electron chi connectivity index (χ1n) is 8.30. The van der Waals surface area contributed by atoms with Crippen LogP contribution in [0.25, 0.3) is 11.4 Å². The number of aromatic nitrogens is 3. The normalized spacial score (nSPS) is 17.2. The van der Waals surface area contributed by atoms with Gasteiger partial charge in [-0.25, -0.2) is 9.78 Å². The van der Waals surface area contributed by atoms with Crippen LogP contribution in [0.3, 0.4) is 0 Å². The molecule has 2 amide bonds. The zero-order valence-corrected chi connectivity index (χ0v) is 14.7. The van der Waals surface area contributed by atoms with Crippen LogP contribution >= 0.6 is 11.8 Å². The molecule has 3 rings (SSSR count). The maximum atomic E-state index is 12.4. The van der Waals surface area contributed by atoms with E-state index in [4.69, 9.17) is 0 Å². The molecule has 1 aromatic carbocycles. The molecule has 24 heavy (non-hydrogen) atoms. The van der Waals surface area contributed by atoms with Crippen LogP contribution in [0.2, 0.25) is 0 Å². The molecule has 0 saturated carbocycles. The molecule has 0 radical (unpaired) electrons. The second-order valence-electron chi connectivity index (χ2n) is 5.84. The average Bonchev–Trinajstić information content (AvgIpc) is 3.28. The Labute approximate surface area is 146 Å². The van der Waals surface area contributed by atoms with Crippen molar-refractivity contribution in [1.82, 2.24) is 25.4 Å². The van der Waals surface area contributed by atoms with Gasteiger partial charge in [0.25, 0.3) is 0 Å². The fraction of sp³-hybridized carbons (Fsp3) is 0.471. The molecular weight excluding hydrogens is 322 g/mol. The van der Waals surface area contributed by atoms with Gasteiger partial charge < -0.3 is 10.2 Å². The summed E-state index contributed by atoms with van der Waals surface area (Å²) < 4.78 is 0. The number of thioether (sulfide) groups is 1. The van der Waals surface area contributed by atoms with Crippen molar-refractivity contribution in [3.8, 4) is 11.4 Å². The van der Waals surface area contributed by atoms with E-state index < -0.39 is 0 Å². The Morgan fingerprint density at radius 1 is 1.42 bits per heavy atom. The van der Waals surface area contributed by atoms with Crippen molar-refractivity contribution in [2.24, 2.45) is 0 Å². The molecule has 2 N–H and O–H groups in total. The van der Waals surface area contributed by atoms with Gasteiger partial charge in [0.2, 0.25) is 0 Å². The van der Waals surface area contributed by atoms with Gasteiger partial charge in [0.05, 0.1) is 6.04 Å². The largest absolute Gasteiger partial charge is 0.338 e. The first-order chi connectivity index (χ1) is 11.8. The van der Waals surface area contributed by atoms with Crippen LogP contribution in [0, 0.1) is 0 Å². The van der Waals surface area contributed by atoms with E-state index in [1.54, 1.807) is 11.8 Å². The molecule has 2 heterocycles. The van der Waals surface area contributed by atoms with E-state index >= 15 is 0 Å². The van der Waals surface area contributed by atoms with Crippen LogP contribution in [0.4, 0.5) is 4.79 Å². The maximum Gasteiger partial charge on any atom is 0.318 e. The fourth-order valence-corrected chi connectivity index (χ4v) is 3.38. The number of hydrogen-bond donors (Lipinski definition) is 2. The topological polar surface area (TPSA) is 73.9 Å². The summed E-state index contributed by atoms with van der Waals surface area (Å²) in [4.78, 5) is 18.9. The van der Waals surface area contributed by atoms with Crippen molar-refractivity contribution in [2.75, 3.05) is 25.1 Å². The second-order valence-corrected chi connectivity index (χ2v) is 6.83. The Balaban J connectivity index is 1.65. The number of aromatic amines is 1. The minimum Gasteiger partial charge on any atom is -0.338 e. The number of benzene rings is 1. The first kappa shape index (κ1) is 16.8. The molecule has 1 aliphatic rings. The van der Waals surface area contributed by atoms with Gasteiger partial charge in [-0.05, 0) is 31.3 Å². The molecule has 0 aliphatic carbocycles. The lowest BCUT2D eigenvalue weighted by atomic mass is 10.2. The number of carbonyl (C=O) groups excluding carboxylic acids is 1. The molecular formula is C17H23N5OS. The first-order valence-corrected chi connectivity index (χ1v) is 9.70. The van der Waals surface area contributed by atoms with Crippen LogP contribution in [-0.2, 0) is 0 Å². The third-order valence-corrected chi connectivity index (χ3v) is 4.86. The van der Waals surface area contributed by atoms with Gasteiger partial charge in [-0.2, -0.15) is 16.9 Å². The van der Waals surface area contributed by atoms with E-state index in [0.717, 1.165) is 42.9 Å². The van der Waals surface area contributed by atoms with Crippen LogP contribution < -0.4 is 5.32 Å². The molecule has 1 atom stereocenters. The number of nitrogens with zero attached hydrogens (tertiary/aromatic N) is 3. The molecule has 0 bridgehead atoms. The van der Waals surface area contributed by atoms with Gasteiger partial charge in [-0.15, -0.1) is 0 Å². The highest BCUT2D eigenvalue weighted by atomic mass is 32.2. The third-order valence-electron chi connectivity index (χ3n) is 4.17. The predicted molar refractivity (Wildman–Crippen MR) is 96.9 cm³/mol. The van der Waals surface area contributed by atoms with E-state index in [1.807, 2.05) is 35.2 Å². The Morgan fingerprint density at radius 3 is 3.04 bits per heavy atom. The van der Waals surface area contributed by atoms with Crippen LogP contribution in [0.5, 0.6) is 0 Å². The summed E-state index contributed by atoms with van der Waals surface area (Å²) in [6, 6.07) is 9.85. The van der Waals surface area contributed by atoms with E-state index in [0.29, 0.717) is 12.4 Å². The molecule has 0 unspecified atom stereocenters. The maximum absolute atomic E-state index is 12.4. The SMILES string of the molecule is CSCCCNC(=O)N1CCC[C@H]1c1nc(-c2ccccc2)n[nH]1. The Morgan fingerprint density at radius 2 is 2.25 bits per heavy atom. The van der Waals surface area contributed by atoms with Gasteiger partial charge in [-0.1, -0.05) is 30.3 Å². The average molecular weight is 345 g/mol. The van der Waals surface area contributed by atoms with Crippen molar-refractivity contribution >= 4 is 17.8 Å².